The number of hydrogen-bond acceptors (Lipinski definition) is 4. The molecule has 1 amide bonds. The van der Waals surface area contributed by atoms with Gasteiger partial charge in [-0.05, 0) is 13.3 Å². The first-order chi connectivity index (χ1) is 6.67. The van der Waals surface area contributed by atoms with E-state index in [2.05, 4.69) is 10.3 Å². The quantitative estimate of drug-likeness (QED) is 0.827. The zero-order valence-electron chi connectivity index (χ0n) is 8.07. The Morgan fingerprint density at radius 2 is 2.57 bits per heavy atom. The van der Waals surface area contributed by atoms with Gasteiger partial charge in [-0.15, -0.1) is 11.3 Å². The van der Waals surface area contributed by atoms with Gasteiger partial charge in [-0.3, -0.25) is 4.79 Å². The molecule has 0 spiro atoms. The molecule has 0 saturated heterocycles. The largest absolute Gasteiger partial charge is 0.301 e. The highest BCUT2D eigenvalue weighted by Crippen LogP contribution is 2.17. The summed E-state index contributed by atoms with van der Waals surface area (Å²) >= 11 is 1.40. The fraction of sp³-hybridized carbons (Fsp3) is 0.444. The van der Waals surface area contributed by atoms with Gasteiger partial charge in [-0.2, -0.15) is 5.26 Å². The Balaban J connectivity index is 2.62. The Bertz CT molecular complexity index is 366. The number of carbonyl (C=O) groups excluding carboxylic acids is 1. The lowest BCUT2D eigenvalue weighted by Gasteiger charge is -2.04. The van der Waals surface area contributed by atoms with Crippen molar-refractivity contribution in [3.63, 3.8) is 0 Å². The maximum absolute atomic E-state index is 11.4. The van der Waals surface area contributed by atoms with Crippen LogP contribution in [0.3, 0.4) is 0 Å². The number of thiazole rings is 1. The van der Waals surface area contributed by atoms with Crippen LogP contribution >= 0.6 is 11.3 Å². The summed E-state index contributed by atoms with van der Waals surface area (Å²) in [4.78, 5) is 16.4. The van der Waals surface area contributed by atoms with Crippen molar-refractivity contribution >= 4 is 22.4 Å². The molecule has 1 aromatic heterocycles. The topological polar surface area (TPSA) is 65.8 Å². The Morgan fingerprint density at radius 3 is 3.00 bits per heavy atom. The predicted molar refractivity (Wildman–Crippen MR) is 54.9 cm³/mol. The molecule has 14 heavy (non-hydrogen) atoms. The van der Waals surface area contributed by atoms with E-state index in [0.29, 0.717) is 11.6 Å². The maximum Gasteiger partial charge on any atom is 0.243 e. The van der Waals surface area contributed by atoms with Gasteiger partial charge in [-0.25, -0.2) is 4.98 Å². The molecule has 0 aliphatic heterocycles. The second-order valence-electron chi connectivity index (χ2n) is 2.86. The first kappa shape index (κ1) is 10.7. The van der Waals surface area contributed by atoms with Crippen LogP contribution in [0.25, 0.3) is 0 Å². The molecule has 0 fully saturated rings. The molecule has 1 heterocycles. The summed E-state index contributed by atoms with van der Waals surface area (Å²) in [6, 6.07) is 1.94. The third kappa shape index (κ3) is 2.54. The molecule has 1 rings (SSSR count). The molecule has 4 nitrogen and oxygen atoms in total. The molecular formula is C9H11N3OS. The van der Waals surface area contributed by atoms with Gasteiger partial charge < -0.3 is 5.32 Å². The molecule has 0 bridgehead atoms. The number of aryl methyl sites for hydroxylation is 1. The molecule has 74 valence electrons. The van der Waals surface area contributed by atoms with Crippen molar-refractivity contribution in [2.45, 2.75) is 20.3 Å². The molecule has 0 aliphatic rings. The van der Waals surface area contributed by atoms with Crippen molar-refractivity contribution in [3.05, 3.63) is 11.1 Å². The van der Waals surface area contributed by atoms with E-state index in [4.69, 9.17) is 5.26 Å². The Labute approximate surface area is 86.6 Å². The maximum atomic E-state index is 11.4. The van der Waals surface area contributed by atoms with Gasteiger partial charge >= 0.3 is 0 Å². The molecule has 1 unspecified atom stereocenters. The number of nitrogens with zero attached hydrogens (tertiary/aromatic N) is 2. The molecule has 0 aliphatic carbocycles. The number of nitriles is 1. The number of carbonyl (C=O) groups is 1. The summed E-state index contributed by atoms with van der Waals surface area (Å²) in [5.41, 5.74) is 0. The van der Waals surface area contributed by atoms with Crippen LogP contribution in [0.2, 0.25) is 0 Å². The minimum Gasteiger partial charge on any atom is -0.301 e. The van der Waals surface area contributed by atoms with E-state index in [1.54, 1.807) is 13.1 Å². The molecule has 1 aromatic rings. The molecule has 0 aromatic carbocycles. The number of amides is 1. The summed E-state index contributed by atoms with van der Waals surface area (Å²) < 4.78 is 0. The third-order valence-corrected chi connectivity index (χ3v) is 2.56. The highest BCUT2D eigenvalue weighted by Gasteiger charge is 2.16. The first-order valence-corrected chi connectivity index (χ1v) is 5.12. The second kappa shape index (κ2) is 4.72. The molecule has 0 radical (unpaired) electrons. The standard InChI is InChI=1S/C9H11N3OS/c1-3-7(4-10)8(13)12-9-11-5-6(2)14-9/h5,7H,3H2,1-2H3,(H,11,12,13). The summed E-state index contributed by atoms with van der Waals surface area (Å²) in [5, 5.41) is 11.8. The van der Waals surface area contributed by atoms with Gasteiger partial charge in [0.1, 0.15) is 5.92 Å². The van der Waals surface area contributed by atoms with Crippen LogP contribution in [0, 0.1) is 24.2 Å². The highest BCUT2D eigenvalue weighted by molar-refractivity contribution is 7.15. The van der Waals surface area contributed by atoms with Crippen molar-refractivity contribution in [3.8, 4) is 6.07 Å². The van der Waals surface area contributed by atoms with Gasteiger partial charge in [-0.1, -0.05) is 6.92 Å². The van der Waals surface area contributed by atoms with Crippen LogP contribution in [0.1, 0.15) is 18.2 Å². The highest BCUT2D eigenvalue weighted by atomic mass is 32.1. The zero-order chi connectivity index (χ0) is 10.6. The Kier molecular flexibility index (Phi) is 3.60. The van der Waals surface area contributed by atoms with Gasteiger partial charge in [0.25, 0.3) is 0 Å². The minimum atomic E-state index is -0.584. The average Bonchev–Trinajstić information content (AvgIpc) is 2.53. The summed E-state index contributed by atoms with van der Waals surface area (Å²) in [7, 11) is 0. The van der Waals surface area contributed by atoms with Crippen molar-refractivity contribution in [2.75, 3.05) is 5.32 Å². The van der Waals surface area contributed by atoms with E-state index in [-0.39, 0.29) is 5.91 Å². The Morgan fingerprint density at radius 1 is 1.86 bits per heavy atom. The van der Waals surface area contributed by atoms with Crippen LogP contribution in [0.5, 0.6) is 0 Å². The van der Waals surface area contributed by atoms with E-state index < -0.39 is 5.92 Å². The van der Waals surface area contributed by atoms with Crippen molar-refractivity contribution in [2.24, 2.45) is 5.92 Å². The minimum absolute atomic E-state index is 0.274. The van der Waals surface area contributed by atoms with Crippen LogP contribution < -0.4 is 5.32 Å². The van der Waals surface area contributed by atoms with Gasteiger partial charge in [0, 0.05) is 11.1 Å². The fourth-order valence-electron chi connectivity index (χ4n) is 0.940. The molecule has 5 heteroatoms. The van der Waals surface area contributed by atoms with Crippen LogP contribution in [0.15, 0.2) is 6.20 Å². The number of anilines is 1. The van der Waals surface area contributed by atoms with Gasteiger partial charge in [0.15, 0.2) is 5.13 Å². The van der Waals surface area contributed by atoms with Crippen LogP contribution in [-0.2, 0) is 4.79 Å². The number of aromatic nitrogens is 1. The number of hydrogen-bond donors (Lipinski definition) is 1. The molecule has 0 saturated carbocycles. The lowest BCUT2D eigenvalue weighted by molar-refractivity contribution is -0.118. The SMILES string of the molecule is CCC(C#N)C(=O)Nc1ncc(C)s1. The Hall–Kier alpha value is -1.41. The fourth-order valence-corrected chi connectivity index (χ4v) is 1.61. The number of rotatable bonds is 3. The van der Waals surface area contributed by atoms with E-state index in [0.717, 1.165) is 4.88 Å². The number of nitrogens with one attached hydrogen (secondary N) is 1. The monoisotopic (exact) mass is 209 g/mol. The van der Waals surface area contributed by atoms with Crippen molar-refractivity contribution < 1.29 is 4.79 Å². The molecule has 1 atom stereocenters. The molecular weight excluding hydrogens is 198 g/mol. The summed E-state index contributed by atoms with van der Waals surface area (Å²) in [6.07, 6.45) is 2.21. The van der Waals surface area contributed by atoms with E-state index >= 15 is 0 Å². The lowest BCUT2D eigenvalue weighted by atomic mass is 10.1. The normalized spacial score (nSPS) is 11.8. The third-order valence-electron chi connectivity index (χ3n) is 1.73. The first-order valence-electron chi connectivity index (χ1n) is 4.30. The van der Waals surface area contributed by atoms with Crippen LogP contribution in [-0.4, -0.2) is 10.9 Å². The summed E-state index contributed by atoms with van der Waals surface area (Å²) in [5.74, 6) is -0.858. The molecule has 1 N–H and O–H groups in total. The smallest absolute Gasteiger partial charge is 0.243 e. The second-order valence-corrected chi connectivity index (χ2v) is 4.09. The zero-order valence-corrected chi connectivity index (χ0v) is 8.89. The van der Waals surface area contributed by atoms with Gasteiger partial charge in [0.2, 0.25) is 5.91 Å². The van der Waals surface area contributed by atoms with Crippen molar-refractivity contribution in [1.29, 1.82) is 5.26 Å². The van der Waals surface area contributed by atoms with E-state index in [9.17, 15) is 4.79 Å². The van der Waals surface area contributed by atoms with Crippen LogP contribution in [0.4, 0.5) is 5.13 Å². The lowest BCUT2D eigenvalue weighted by Crippen LogP contribution is -2.20. The summed E-state index contributed by atoms with van der Waals surface area (Å²) in [6.45, 7) is 3.72. The predicted octanol–water partition coefficient (Wildman–Crippen LogP) is 1.94. The van der Waals surface area contributed by atoms with Gasteiger partial charge in [0.05, 0.1) is 6.07 Å². The van der Waals surface area contributed by atoms with E-state index in [1.807, 2.05) is 13.0 Å². The van der Waals surface area contributed by atoms with Crippen molar-refractivity contribution in [1.82, 2.24) is 4.98 Å². The van der Waals surface area contributed by atoms with E-state index in [1.165, 1.54) is 11.3 Å². The average molecular weight is 209 g/mol.